The van der Waals surface area contributed by atoms with Gasteiger partial charge in [-0.05, 0) is 103 Å². The molecule has 5 rings (SSSR count). The molecule has 17 heteroatoms. The lowest BCUT2D eigenvalue weighted by atomic mass is 9.68. The number of nitrogens with zero attached hydrogens (tertiary/aromatic N) is 2. The molecular formula is C57H77F2N5O10. The number of alkyl carbamates (subject to hydrolysis) is 2. The molecule has 0 unspecified atom stereocenters. The number of amides is 5. The zero-order valence-electron chi connectivity index (χ0n) is 44.4. The van der Waals surface area contributed by atoms with E-state index in [0.29, 0.717) is 12.8 Å². The van der Waals surface area contributed by atoms with Gasteiger partial charge in [0.05, 0.1) is 24.0 Å². The Morgan fingerprint density at radius 3 is 1.72 bits per heavy atom. The second-order valence-corrected chi connectivity index (χ2v) is 22.3. The van der Waals surface area contributed by atoms with Gasteiger partial charge in [-0.3, -0.25) is 19.2 Å². The lowest BCUT2D eigenvalue weighted by Crippen LogP contribution is -2.71. The maximum absolute atomic E-state index is 16.1. The minimum absolute atomic E-state index is 0.0131. The first kappa shape index (κ1) is 58.5. The maximum Gasteiger partial charge on any atom is 0.410 e. The number of carbonyl (C=O) groups is 7. The quantitative estimate of drug-likeness (QED) is 0.0610. The maximum atomic E-state index is 16.1. The van der Waals surface area contributed by atoms with Gasteiger partial charge in [0, 0.05) is 50.9 Å². The van der Waals surface area contributed by atoms with Crippen molar-refractivity contribution in [1.29, 1.82) is 0 Å². The molecule has 0 aliphatic carbocycles. The third-order valence-corrected chi connectivity index (χ3v) is 13.1. The fourth-order valence-corrected chi connectivity index (χ4v) is 9.31. The number of halogens is 2. The number of hydrogen-bond acceptors (Lipinski definition) is 10. The Bertz CT molecular complexity index is 2350. The molecule has 404 valence electrons. The van der Waals surface area contributed by atoms with Gasteiger partial charge in [0.2, 0.25) is 11.8 Å². The summed E-state index contributed by atoms with van der Waals surface area (Å²) in [7, 11) is 0. The number of unbranched alkanes of at least 4 members (excludes halogenated alkanes) is 1. The number of hydrogen-bond donors (Lipinski definition) is 3. The van der Waals surface area contributed by atoms with Gasteiger partial charge in [-0.1, -0.05) is 111 Å². The number of benzene rings is 3. The summed E-state index contributed by atoms with van der Waals surface area (Å²) in [5.74, 6) is -7.25. The Morgan fingerprint density at radius 2 is 1.16 bits per heavy atom. The predicted octanol–water partition coefficient (Wildman–Crippen LogP) is 9.25. The number of likely N-dealkylation sites (tertiary alicyclic amines) is 2. The van der Waals surface area contributed by atoms with E-state index in [1.165, 1.54) is 4.90 Å². The third-order valence-electron chi connectivity index (χ3n) is 13.1. The first-order valence-corrected chi connectivity index (χ1v) is 25.8. The van der Waals surface area contributed by atoms with E-state index < -0.39 is 94.7 Å². The minimum Gasteiger partial charge on any atom is -0.445 e. The molecule has 4 atom stereocenters. The van der Waals surface area contributed by atoms with Crippen LogP contribution in [0.4, 0.5) is 23.2 Å². The molecule has 2 aliphatic rings. The first-order valence-electron chi connectivity index (χ1n) is 25.8. The van der Waals surface area contributed by atoms with Crippen LogP contribution in [0, 0.1) is 23.2 Å². The lowest BCUT2D eigenvalue weighted by molar-refractivity contribution is -0.222. The monoisotopic (exact) mass is 1030 g/mol. The van der Waals surface area contributed by atoms with Crippen LogP contribution in [0.1, 0.15) is 117 Å². The highest BCUT2D eigenvalue weighted by Crippen LogP contribution is 2.50. The molecule has 0 radical (unpaired) electrons. The number of alkyl halides is 2. The van der Waals surface area contributed by atoms with Crippen LogP contribution in [0.2, 0.25) is 0 Å². The van der Waals surface area contributed by atoms with Crippen LogP contribution in [0.3, 0.4) is 0 Å². The second kappa shape index (κ2) is 26.2. The average Bonchev–Trinajstić information content (AvgIpc) is 3.30. The van der Waals surface area contributed by atoms with Crippen LogP contribution in [0.15, 0.2) is 91.0 Å². The minimum atomic E-state index is -3.34. The van der Waals surface area contributed by atoms with E-state index in [9.17, 15) is 33.6 Å². The van der Waals surface area contributed by atoms with Gasteiger partial charge >= 0.3 is 18.3 Å². The highest BCUT2D eigenvalue weighted by Gasteiger charge is 2.64. The van der Waals surface area contributed by atoms with Gasteiger partial charge in [0.1, 0.15) is 17.8 Å². The number of ketones is 2. The van der Waals surface area contributed by atoms with E-state index in [1.54, 1.807) is 65.8 Å². The van der Waals surface area contributed by atoms with E-state index in [2.05, 4.69) is 16.0 Å². The summed E-state index contributed by atoms with van der Waals surface area (Å²) in [6.07, 6.45) is -1.43. The summed E-state index contributed by atoms with van der Waals surface area (Å²) in [6.45, 7) is 12.9. The van der Waals surface area contributed by atoms with E-state index in [-0.39, 0.29) is 83.6 Å². The van der Waals surface area contributed by atoms with Crippen molar-refractivity contribution in [3.8, 4) is 0 Å². The Labute approximate surface area is 435 Å². The van der Waals surface area contributed by atoms with Crippen molar-refractivity contribution in [1.82, 2.24) is 25.8 Å². The third kappa shape index (κ3) is 18.2. The molecule has 3 aromatic rings. The number of Topliss-reactive ketones (excluding diaryl/α,β-unsaturated/α-hetero) is 2. The fraction of sp³-hybridized carbons (Fsp3) is 0.561. The van der Waals surface area contributed by atoms with Gasteiger partial charge in [-0.25, -0.2) is 23.2 Å². The summed E-state index contributed by atoms with van der Waals surface area (Å²) in [5, 5.41) is 8.38. The van der Waals surface area contributed by atoms with Crippen LogP contribution < -0.4 is 16.0 Å². The molecule has 2 aliphatic heterocycles. The highest BCUT2D eigenvalue weighted by molar-refractivity contribution is 5.95. The van der Waals surface area contributed by atoms with Crippen LogP contribution >= 0.6 is 0 Å². The Hall–Kier alpha value is -6.39. The van der Waals surface area contributed by atoms with E-state index in [0.717, 1.165) is 21.6 Å². The SMILES string of the molecule is CC(C)C[C@@H](NC(=O)[C@H](CC(=O)[C@@H](Cc1ccccc1)NC(=O)OC(C)(C)C)Cc1ccccc1)C(=O)C[C@H](CCCCNC(=O)OC(C)(C)C)C(=O)N1CC2(CCN(C(=O)OCc3ccccc3)CC2(F)F)C1. The number of rotatable bonds is 23. The van der Waals surface area contributed by atoms with Crippen molar-refractivity contribution in [2.75, 3.05) is 32.7 Å². The largest absolute Gasteiger partial charge is 0.445 e. The summed E-state index contributed by atoms with van der Waals surface area (Å²) in [6, 6.07) is 25.1. The topological polar surface area (TPSA) is 190 Å². The molecule has 1 spiro atoms. The molecule has 0 saturated carbocycles. The van der Waals surface area contributed by atoms with Crippen molar-refractivity contribution in [2.24, 2.45) is 23.2 Å². The standard InChI is InChI=1S/C57H77F2N5O10/c1-39(2)30-45(61-49(67)44(31-40-20-12-9-13-21-40)34-48(66)46(32-41-22-14-10-15-23-41)62-52(70)74-55(6,7)8)47(65)33-43(26-18-19-28-60-51(69)73-54(3,4)5)50(68)64-36-56(37-64)27-29-63(38-57(56,58)59)53(71)72-35-42-24-16-11-17-25-42/h9-17,20-25,39,43-46H,18-19,26-38H2,1-8H3,(H,60,69)(H,61,67)(H,62,70)/t43-,44-,45+,46+/m0/s1. The zero-order valence-corrected chi connectivity index (χ0v) is 44.4. The molecular weight excluding hydrogens is 953 g/mol. The van der Waals surface area contributed by atoms with Crippen molar-refractivity contribution >= 4 is 41.7 Å². The second-order valence-electron chi connectivity index (χ2n) is 22.3. The van der Waals surface area contributed by atoms with E-state index in [1.807, 2.05) is 80.6 Å². The number of piperidine rings is 1. The molecule has 3 N–H and O–H groups in total. The molecule has 0 bridgehead atoms. The van der Waals surface area contributed by atoms with Crippen molar-refractivity contribution in [3.63, 3.8) is 0 Å². The molecule has 15 nitrogen and oxygen atoms in total. The van der Waals surface area contributed by atoms with Gasteiger partial charge in [0.25, 0.3) is 5.92 Å². The van der Waals surface area contributed by atoms with Crippen LogP contribution in [0.5, 0.6) is 0 Å². The number of carbonyl (C=O) groups excluding carboxylic acids is 7. The molecule has 3 aromatic carbocycles. The van der Waals surface area contributed by atoms with Gasteiger partial charge < -0.3 is 40.0 Å². The Balaban J connectivity index is 1.32. The predicted molar refractivity (Wildman–Crippen MR) is 276 cm³/mol. The normalized spacial score (nSPS) is 16.7. The molecule has 5 amide bonds. The van der Waals surface area contributed by atoms with Crippen molar-refractivity contribution in [3.05, 3.63) is 108 Å². The van der Waals surface area contributed by atoms with Gasteiger partial charge in [-0.2, -0.15) is 0 Å². The van der Waals surface area contributed by atoms with E-state index in [4.69, 9.17) is 14.2 Å². The molecule has 0 aromatic heterocycles. The smallest absolute Gasteiger partial charge is 0.410 e. The summed E-state index contributed by atoms with van der Waals surface area (Å²) >= 11 is 0. The summed E-state index contributed by atoms with van der Waals surface area (Å²) in [4.78, 5) is 98.6. The average molecular weight is 1030 g/mol. The van der Waals surface area contributed by atoms with Gasteiger partial charge in [-0.15, -0.1) is 0 Å². The van der Waals surface area contributed by atoms with Crippen molar-refractivity contribution < 1.29 is 56.6 Å². The first-order chi connectivity index (χ1) is 34.8. The molecule has 2 saturated heterocycles. The molecule has 2 fully saturated rings. The van der Waals surface area contributed by atoms with Gasteiger partial charge in [0.15, 0.2) is 11.6 Å². The highest BCUT2D eigenvalue weighted by atomic mass is 19.3. The number of ether oxygens (including phenoxy) is 3. The lowest BCUT2D eigenvalue weighted by Gasteiger charge is -2.57. The van der Waals surface area contributed by atoms with Crippen molar-refractivity contribution in [2.45, 2.75) is 149 Å². The fourth-order valence-electron chi connectivity index (χ4n) is 9.31. The van der Waals surface area contributed by atoms with E-state index >= 15 is 8.78 Å². The van der Waals surface area contributed by atoms with Crippen LogP contribution in [-0.2, 0) is 52.8 Å². The van der Waals surface area contributed by atoms with Crippen LogP contribution in [-0.4, -0.2) is 113 Å². The molecule has 2 heterocycles. The Morgan fingerprint density at radius 1 is 0.635 bits per heavy atom. The summed E-state index contributed by atoms with van der Waals surface area (Å²) in [5.41, 5.74) is -0.860. The van der Waals surface area contributed by atoms with Crippen LogP contribution in [0.25, 0.3) is 0 Å². The zero-order chi connectivity index (χ0) is 54.3. The number of nitrogens with one attached hydrogen (secondary N) is 3. The molecule has 74 heavy (non-hydrogen) atoms. The Kier molecular flexibility index (Phi) is 20.7. The summed E-state index contributed by atoms with van der Waals surface area (Å²) < 4.78 is 48.4.